The molecule has 0 fully saturated rings. The number of hydrogen-bond donors (Lipinski definition) is 0. The molecule has 106 valence electrons. The Kier molecular flexibility index (Phi) is 4.00. The highest BCUT2D eigenvalue weighted by Crippen LogP contribution is 2.34. The topological polar surface area (TPSA) is 22.1 Å². The SMILES string of the molecule is Cc1ccc(Oc2ccc(Cl)c3cccnc23)c(CCl)c1. The highest BCUT2D eigenvalue weighted by atomic mass is 35.5. The van der Waals surface area contributed by atoms with E-state index in [1.54, 1.807) is 6.20 Å². The molecule has 0 aliphatic carbocycles. The highest BCUT2D eigenvalue weighted by Gasteiger charge is 2.10. The van der Waals surface area contributed by atoms with Crippen LogP contribution in [0.3, 0.4) is 0 Å². The number of fused-ring (bicyclic) bond motifs is 1. The monoisotopic (exact) mass is 317 g/mol. The summed E-state index contributed by atoms with van der Waals surface area (Å²) in [7, 11) is 0. The Bertz CT molecular complexity index is 802. The molecule has 4 heteroatoms. The van der Waals surface area contributed by atoms with E-state index < -0.39 is 0 Å². The second-order valence-corrected chi connectivity index (χ2v) is 5.47. The van der Waals surface area contributed by atoms with Crippen molar-refractivity contribution < 1.29 is 4.74 Å². The van der Waals surface area contributed by atoms with Crippen LogP contribution >= 0.6 is 23.2 Å². The van der Waals surface area contributed by atoms with E-state index in [2.05, 4.69) is 4.98 Å². The Morgan fingerprint density at radius 2 is 1.90 bits per heavy atom. The van der Waals surface area contributed by atoms with Crippen molar-refractivity contribution in [2.75, 3.05) is 0 Å². The van der Waals surface area contributed by atoms with Gasteiger partial charge in [-0.2, -0.15) is 0 Å². The zero-order valence-electron chi connectivity index (χ0n) is 11.4. The average Bonchev–Trinajstić information content (AvgIpc) is 2.52. The Balaban J connectivity index is 2.09. The number of ether oxygens (including phenoxy) is 1. The van der Waals surface area contributed by atoms with Gasteiger partial charge in [0.25, 0.3) is 0 Å². The molecule has 3 rings (SSSR count). The molecule has 0 bridgehead atoms. The number of benzene rings is 2. The van der Waals surface area contributed by atoms with E-state index in [1.807, 2.05) is 49.4 Å². The van der Waals surface area contributed by atoms with Crippen LogP contribution in [0.1, 0.15) is 11.1 Å². The number of aryl methyl sites for hydroxylation is 1. The molecule has 0 saturated heterocycles. The van der Waals surface area contributed by atoms with Gasteiger partial charge in [-0.1, -0.05) is 29.3 Å². The van der Waals surface area contributed by atoms with Crippen molar-refractivity contribution in [3.05, 3.63) is 64.8 Å². The zero-order chi connectivity index (χ0) is 14.8. The van der Waals surface area contributed by atoms with Crippen LogP contribution < -0.4 is 4.74 Å². The Morgan fingerprint density at radius 1 is 1.10 bits per heavy atom. The van der Waals surface area contributed by atoms with Crippen LogP contribution in [-0.2, 0) is 5.88 Å². The van der Waals surface area contributed by atoms with Gasteiger partial charge in [-0.05, 0) is 37.3 Å². The molecule has 0 amide bonds. The molecule has 0 aliphatic heterocycles. The smallest absolute Gasteiger partial charge is 0.153 e. The molecular weight excluding hydrogens is 305 g/mol. The van der Waals surface area contributed by atoms with E-state index in [9.17, 15) is 0 Å². The van der Waals surface area contributed by atoms with Crippen LogP contribution in [0.25, 0.3) is 10.9 Å². The minimum atomic E-state index is 0.399. The van der Waals surface area contributed by atoms with Crippen molar-refractivity contribution in [2.24, 2.45) is 0 Å². The summed E-state index contributed by atoms with van der Waals surface area (Å²) in [6, 6.07) is 13.4. The van der Waals surface area contributed by atoms with Gasteiger partial charge in [0.15, 0.2) is 5.75 Å². The molecule has 2 nitrogen and oxygen atoms in total. The predicted octanol–water partition coefficient (Wildman–Crippen LogP) is 5.73. The molecule has 0 spiro atoms. The van der Waals surface area contributed by atoms with Crippen LogP contribution in [0.5, 0.6) is 11.5 Å². The summed E-state index contributed by atoms with van der Waals surface area (Å²) in [6.07, 6.45) is 1.73. The van der Waals surface area contributed by atoms with Gasteiger partial charge < -0.3 is 4.74 Å². The number of alkyl halides is 1. The Hall–Kier alpha value is -1.77. The average molecular weight is 318 g/mol. The van der Waals surface area contributed by atoms with E-state index in [4.69, 9.17) is 27.9 Å². The molecule has 0 radical (unpaired) electrons. The first-order chi connectivity index (χ1) is 10.2. The van der Waals surface area contributed by atoms with E-state index in [0.29, 0.717) is 16.7 Å². The van der Waals surface area contributed by atoms with Gasteiger partial charge in [-0.15, -0.1) is 11.6 Å². The van der Waals surface area contributed by atoms with E-state index in [-0.39, 0.29) is 0 Å². The summed E-state index contributed by atoms with van der Waals surface area (Å²) in [5.41, 5.74) is 2.85. The fourth-order valence-corrected chi connectivity index (χ4v) is 2.65. The van der Waals surface area contributed by atoms with Crippen molar-refractivity contribution in [2.45, 2.75) is 12.8 Å². The fraction of sp³-hybridized carbons (Fsp3) is 0.118. The van der Waals surface area contributed by atoms with Crippen molar-refractivity contribution in [1.82, 2.24) is 4.98 Å². The minimum absolute atomic E-state index is 0.399. The Labute approximate surface area is 133 Å². The number of aromatic nitrogens is 1. The highest BCUT2D eigenvalue weighted by molar-refractivity contribution is 6.35. The number of pyridine rings is 1. The molecule has 1 heterocycles. The zero-order valence-corrected chi connectivity index (χ0v) is 12.9. The molecule has 3 aromatic rings. The quantitative estimate of drug-likeness (QED) is 0.576. The summed E-state index contributed by atoms with van der Waals surface area (Å²) < 4.78 is 6.02. The second-order valence-electron chi connectivity index (χ2n) is 4.79. The summed E-state index contributed by atoms with van der Waals surface area (Å²) in [5, 5.41) is 1.53. The molecule has 1 aromatic heterocycles. The molecular formula is C17H13Cl2NO. The summed E-state index contributed by atoms with van der Waals surface area (Å²) >= 11 is 12.2. The van der Waals surface area contributed by atoms with Gasteiger partial charge in [0.1, 0.15) is 11.3 Å². The maximum atomic E-state index is 6.19. The number of hydrogen-bond acceptors (Lipinski definition) is 2. The fourth-order valence-electron chi connectivity index (χ4n) is 2.22. The maximum absolute atomic E-state index is 6.19. The third-order valence-corrected chi connectivity index (χ3v) is 3.88. The largest absolute Gasteiger partial charge is 0.455 e. The number of rotatable bonds is 3. The van der Waals surface area contributed by atoms with Gasteiger partial charge >= 0.3 is 0 Å². The van der Waals surface area contributed by atoms with Gasteiger partial charge in [-0.25, -0.2) is 0 Å². The lowest BCUT2D eigenvalue weighted by atomic mass is 10.1. The number of nitrogens with zero attached hydrogens (tertiary/aromatic N) is 1. The van der Waals surface area contributed by atoms with Crippen molar-refractivity contribution in [1.29, 1.82) is 0 Å². The first-order valence-electron chi connectivity index (χ1n) is 6.55. The lowest BCUT2D eigenvalue weighted by Crippen LogP contribution is -1.92. The Morgan fingerprint density at radius 3 is 2.71 bits per heavy atom. The van der Waals surface area contributed by atoms with Crippen LogP contribution in [0.15, 0.2) is 48.7 Å². The third kappa shape index (κ3) is 2.82. The molecule has 0 atom stereocenters. The first-order valence-corrected chi connectivity index (χ1v) is 7.47. The third-order valence-electron chi connectivity index (χ3n) is 3.26. The minimum Gasteiger partial charge on any atom is -0.455 e. The van der Waals surface area contributed by atoms with Crippen LogP contribution in [-0.4, -0.2) is 4.98 Å². The molecule has 0 unspecified atom stereocenters. The van der Waals surface area contributed by atoms with E-state index in [1.165, 1.54) is 0 Å². The van der Waals surface area contributed by atoms with E-state index in [0.717, 1.165) is 27.8 Å². The normalized spacial score (nSPS) is 10.8. The molecule has 21 heavy (non-hydrogen) atoms. The van der Waals surface area contributed by atoms with Crippen LogP contribution in [0.2, 0.25) is 5.02 Å². The summed E-state index contributed by atoms with van der Waals surface area (Å²) in [5.74, 6) is 1.81. The van der Waals surface area contributed by atoms with Crippen molar-refractivity contribution in [3.63, 3.8) is 0 Å². The van der Waals surface area contributed by atoms with Gasteiger partial charge in [-0.3, -0.25) is 4.98 Å². The predicted molar refractivity (Wildman–Crippen MR) is 87.6 cm³/mol. The van der Waals surface area contributed by atoms with Gasteiger partial charge in [0, 0.05) is 17.1 Å². The lowest BCUT2D eigenvalue weighted by molar-refractivity contribution is 0.482. The molecule has 0 N–H and O–H groups in total. The first kappa shape index (κ1) is 14.2. The van der Waals surface area contributed by atoms with Gasteiger partial charge in [0.05, 0.1) is 10.9 Å². The van der Waals surface area contributed by atoms with E-state index >= 15 is 0 Å². The maximum Gasteiger partial charge on any atom is 0.153 e. The standard InChI is InChI=1S/C17H13Cl2NO/c1-11-4-6-15(12(9-11)10-18)21-16-7-5-14(19)13-3-2-8-20-17(13)16/h2-9H,10H2,1H3. The molecule has 0 aliphatic rings. The number of halogens is 2. The van der Waals surface area contributed by atoms with Gasteiger partial charge in [0.2, 0.25) is 0 Å². The van der Waals surface area contributed by atoms with Crippen molar-refractivity contribution in [3.8, 4) is 11.5 Å². The summed E-state index contributed by atoms with van der Waals surface area (Å²) in [4.78, 5) is 4.37. The lowest BCUT2D eigenvalue weighted by Gasteiger charge is -2.12. The second kappa shape index (κ2) is 5.92. The van der Waals surface area contributed by atoms with Crippen LogP contribution in [0, 0.1) is 6.92 Å². The van der Waals surface area contributed by atoms with Crippen LogP contribution in [0.4, 0.5) is 0 Å². The summed E-state index contributed by atoms with van der Waals surface area (Å²) in [6.45, 7) is 2.03. The van der Waals surface area contributed by atoms with Crippen molar-refractivity contribution >= 4 is 34.1 Å². The molecule has 2 aromatic carbocycles. The molecule has 0 saturated carbocycles.